The summed E-state index contributed by atoms with van der Waals surface area (Å²) in [7, 11) is 0. The third-order valence-corrected chi connectivity index (χ3v) is 16.8. The lowest BCUT2D eigenvalue weighted by Crippen LogP contribution is -2.26. The van der Waals surface area contributed by atoms with Gasteiger partial charge in [0.25, 0.3) is 0 Å². The fourth-order valence-electron chi connectivity index (χ4n) is 12.5. The molecule has 0 spiro atoms. The van der Waals surface area contributed by atoms with Crippen LogP contribution >= 0.6 is 0 Å². The molecule has 4 fully saturated rings. The highest BCUT2D eigenvalue weighted by Gasteiger charge is 2.41. The van der Waals surface area contributed by atoms with Gasteiger partial charge in [-0.05, 0) is 219 Å². The summed E-state index contributed by atoms with van der Waals surface area (Å²) in [5.41, 5.74) is 12.2. The Bertz CT molecular complexity index is 2330. The van der Waals surface area contributed by atoms with Gasteiger partial charge in [-0.25, -0.2) is 0 Å². The molecule has 6 aliphatic carbocycles. The van der Waals surface area contributed by atoms with Crippen molar-refractivity contribution >= 4 is 11.9 Å². The molecule has 10 rings (SSSR count). The van der Waals surface area contributed by atoms with E-state index in [0.29, 0.717) is 18.4 Å². The topological polar surface area (TPSA) is 134 Å². The number of carbonyl (C=O) groups is 2. The maximum atomic E-state index is 13.1. The second-order valence-corrected chi connectivity index (χ2v) is 21.5. The van der Waals surface area contributed by atoms with Crippen molar-refractivity contribution < 1.29 is 28.9 Å². The van der Waals surface area contributed by atoms with Gasteiger partial charge in [0.2, 0.25) is 0 Å². The van der Waals surface area contributed by atoms with Gasteiger partial charge in [0, 0.05) is 71.6 Å². The van der Waals surface area contributed by atoms with Crippen molar-refractivity contribution in [2.45, 2.75) is 210 Å². The highest BCUT2D eigenvalue weighted by molar-refractivity contribution is 5.79. The van der Waals surface area contributed by atoms with Gasteiger partial charge >= 0.3 is 11.9 Å². The summed E-state index contributed by atoms with van der Waals surface area (Å²) in [6, 6.07) is 17.0. The first-order valence-corrected chi connectivity index (χ1v) is 27.9. The number of aromatic nitrogens is 4. The monoisotopic (exact) mass is 953 g/mol. The third kappa shape index (κ3) is 12.9. The molecule has 10 heteroatoms. The smallest absolute Gasteiger partial charge is 0.313 e. The van der Waals surface area contributed by atoms with Gasteiger partial charge in [-0.15, -0.1) is 0 Å². The first-order valence-electron chi connectivity index (χ1n) is 27.9. The molecule has 4 unspecified atom stereocenters. The van der Waals surface area contributed by atoms with Crippen molar-refractivity contribution in [3.8, 4) is 0 Å². The number of aryl methyl sites for hydroxylation is 6. The minimum atomic E-state index is -0.711. The molecule has 4 heterocycles. The zero-order chi connectivity index (χ0) is 48.1. The average Bonchev–Trinajstić information content (AvgIpc) is 4.01. The Balaban J connectivity index is 0.000000174. The summed E-state index contributed by atoms with van der Waals surface area (Å²) in [5.74, 6) is -0.161. The number of unbranched alkanes of at least 4 members (excludes halogenated alkanes) is 2. The number of carboxylic acids is 1. The summed E-state index contributed by atoms with van der Waals surface area (Å²) in [6.45, 7) is 3.85. The first-order chi connectivity index (χ1) is 34.4. The van der Waals surface area contributed by atoms with E-state index in [-0.39, 0.29) is 35.9 Å². The highest BCUT2D eigenvalue weighted by atomic mass is 16.5. The van der Waals surface area contributed by atoms with E-state index < -0.39 is 11.9 Å². The molecule has 0 saturated heterocycles. The number of rotatable bonds is 21. The molecule has 4 aromatic heterocycles. The number of ether oxygens (including phenoxy) is 3. The molecule has 6 atom stereocenters. The molecular formula is C60H80N4O6. The van der Waals surface area contributed by atoms with Gasteiger partial charge < -0.3 is 19.3 Å². The Kier molecular flexibility index (Phi) is 18.2. The lowest BCUT2D eigenvalue weighted by atomic mass is 9.76. The van der Waals surface area contributed by atoms with E-state index in [2.05, 4.69) is 35.3 Å². The standard InChI is InChI=1S/C31H42N2O3.C29H38N2O3/c1-2-35-31(34)29(27-13-8-19-32-30(27)23-10-7-11-23)24-16-18-26(21-24)36-20-6-5-12-25-17-15-22-9-3-4-14-28(22)33-25;32-29(33)27(25-11-6-17-30-28(25)21-8-5-9-21)22-14-16-24(19-22)34-18-4-3-10-23-15-13-20-7-1-2-12-26(20)31-23/h8,13,15,17,19,23-24,26,29H,2-7,9-12,14,16,18,20-21H2,1H3;6,11,13,15,17,21-22,24,27H,1-5,7-10,12,14,16,18-19H2,(H,32,33)/t24?,26-,29?;22?,24-,27?/m11/s1. The van der Waals surface area contributed by atoms with Crippen molar-refractivity contribution in [1.82, 2.24) is 19.9 Å². The molecule has 0 amide bonds. The Labute approximate surface area is 418 Å². The third-order valence-electron chi connectivity index (χ3n) is 16.8. The number of hydrogen-bond donors (Lipinski definition) is 1. The number of carboxylic acid groups (broad SMARTS) is 1. The van der Waals surface area contributed by atoms with Crippen molar-refractivity contribution in [3.05, 3.63) is 117 Å². The Hall–Kier alpha value is -4.54. The lowest BCUT2D eigenvalue weighted by Gasteiger charge is -2.30. The second-order valence-electron chi connectivity index (χ2n) is 21.5. The summed E-state index contributed by atoms with van der Waals surface area (Å²) in [5, 5.41) is 10.1. The predicted molar refractivity (Wildman–Crippen MR) is 273 cm³/mol. The van der Waals surface area contributed by atoms with Crippen LogP contribution in [0.15, 0.2) is 60.9 Å². The van der Waals surface area contributed by atoms with Gasteiger partial charge in [-0.2, -0.15) is 0 Å². The molecule has 0 radical (unpaired) electrons. The zero-order valence-electron chi connectivity index (χ0n) is 42.2. The summed E-state index contributed by atoms with van der Waals surface area (Å²) in [6.07, 6.45) is 33.0. The maximum absolute atomic E-state index is 13.1. The molecule has 4 aromatic rings. The largest absolute Gasteiger partial charge is 0.481 e. The van der Waals surface area contributed by atoms with Crippen LogP contribution < -0.4 is 0 Å². The molecule has 0 aromatic carbocycles. The van der Waals surface area contributed by atoms with E-state index in [0.717, 1.165) is 138 Å². The lowest BCUT2D eigenvalue weighted by molar-refractivity contribution is -0.146. The molecule has 0 aliphatic heterocycles. The van der Waals surface area contributed by atoms with Gasteiger partial charge in [0.15, 0.2) is 0 Å². The predicted octanol–water partition coefficient (Wildman–Crippen LogP) is 12.5. The average molecular weight is 953 g/mol. The molecule has 0 bridgehead atoms. The van der Waals surface area contributed by atoms with Gasteiger partial charge in [-0.3, -0.25) is 29.5 Å². The molecular weight excluding hydrogens is 873 g/mol. The van der Waals surface area contributed by atoms with Crippen LogP contribution in [0.25, 0.3) is 0 Å². The number of esters is 1. The van der Waals surface area contributed by atoms with Crippen molar-refractivity contribution in [3.63, 3.8) is 0 Å². The van der Waals surface area contributed by atoms with E-state index in [1.165, 1.54) is 98.1 Å². The molecule has 1 N–H and O–H groups in total. The van der Waals surface area contributed by atoms with Crippen LogP contribution in [0, 0.1) is 11.8 Å². The second kappa shape index (κ2) is 25.2. The Morgan fingerprint density at radius 2 is 1.07 bits per heavy atom. The fourth-order valence-corrected chi connectivity index (χ4v) is 12.5. The van der Waals surface area contributed by atoms with Crippen LogP contribution in [0.2, 0.25) is 0 Å². The van der Waals surface area contributed by atoms with Gasteiger partial charge in [0.05, 0.1) is 30.7 Å². The Morgan fingerprint density at radius 3 is 1.54 bits per heavy atom. The number of hydrogen-bond acceptors (Lipinski definition) is 9. The normalized spacial score (nSPS) is 22.9. The van der Waals surface area contributed by atoms with Crippen LogP contribution in [0.5, 0.6) is 0 Å². The first kappa shape index (κ1) is 50.4. The molecule has 70 heavy (non-hydrogen) atoms. The number of nitrogens with zero attached hydrogens (tertiary/aromatic N) is 4. The van der Waals surface area contributed by atoms with E-state index in [1.807, 2.05) is 37.5 Å². The number of pyridine rings is 4. The minimum absolute atomic E-state index is 0.0886. The van der Waals surface area contributed by atoms with Crippen molar-refractivity contribution in [1.29, 1.82) is 0 Å². The van der Waals surface area contributed by atoms with E-state index in [9.17, 15) is 14.7 Å². The van der Waals surface area contributed by atoms with E-state index in [4.69, 9.17) is 29.2 Å². The zero-order valence-corrected chi connectivity index (χ0v) is 42.2. The number of fused-ring (bicyclic) bond motifs is 2. The molecule has 376 valence electrons. The van der Waals surface area contributed by atoms with Gasteiger partial charge in [0.1, 0.15) is 0 Å². The Morgan fingerprint density at radius 1 is 0.586 bits per heavy atom. The van der Waals surface area contributed by atoms with Crippen LogP contribution in [-0.2, 0) is 62.3 Å². The minimum Gasteiger partial charge on any atom is -0.481 e. The summed E-state index contributed by atoms with van der Waals surface area (Å²) in [4.78, 5) is 44.6. The van der Waals surface area contributed by atoms with Crippen LogP contribution in [0.1, 0.15) is 215 Å². The van der Waals surface area contributed by atoms with Crippen molar-refractivity contribution in [2.24, 2.45) is 11.8 Å². The van der Waals surface area contributed by atoms with Crippen LogP contribution in [-0.4, -0.2) is 69.0 Å². The number of carbonyl (C=O) groups excluding carboxylic acids is 1. The molecule has 4 saturated carbocycles. The maximum Gasteiger partial charge on any atom is 0.313 e. The van der Waals surface area contributed by atoms with Crippen LogP contribution in [0.4, 0.5) is 0 Å². The SMILES string of the molecule is CCOC(=O)C(c1cccnc1C1CCC1)C1CC[C@@H](OCCCCc2ccc3c(n2)CCCC3)C1.O=C(O)C(c1cccnc1C1CCC1)C1CC[C@@H](OCCCCc2ccc3c(n2)CCCC3)C1. The quantitative estimate of drug-likeness (QED) is 0.0635. The molecule has 6 aliphatic rings. The fraction of sp³-hybridized carbons (Fsp3) is 0.633. The highest BCUT2D eigenvalue weighted by Crippen LogP contribution is 2.46. The molecule has 10 nitrogen and oxygen atoms in total. The van der Waals surface area contributed by atoms with Gasteiger partial charge in [-0.1, -0.05) is 37.1 Å². The number of aliphatic carboxylic acids is 1. The van der Waals surface area contributed by atoms with Crippen molar-refractivity contribution in [2.75, 3.05) is 19.8 Å². The van der Waals surface area contributed by atoms with E-state index >= 15 is 0 Å². The van der Waals surface area contributed by atoms with E-state index in [1.54, 1.807) is 0 Å². The van der Waals surface area contributed by atoms with Crippen LogP contribution in [0.3, 0.4) is 0 Å². The summed E-state index contributed by atoms with van der Waals surface area (Å²) < 4.78 is 18.1. The summed E-state index contributed by atoms with van der Waals surface area (Å²) >= 11 is 0.